The Kier molecular flexibility index (Phi) is 3.06. The molecule has 0 aliphatic heterocycles. The number of rotatable bonds is 2. The molecule has 90 valence electrons. The number of aromatic nitrogens is 4. The molecule has 0 aliphatic carbocycles. The largest absolute Gasteiger partial charge is 0.356 e. The summed E-state index contributed by atoms with van der Waals surface area (Å²) in [4.78, 5) is 12.8. The summed E-state index contributed by atoms with van der Waals surface area (Å²) in [5.41, 5.74) is 1.00. The Balaban J connectivity index is 2.21. The molecule has 0 saturated heterocycles. The van der Waals surface area contributed by atoms with Gasteiger partial charge in [0.25, 0.3) is 0 Å². The van der Waals surface area contributed by atoms with Gasteiger partial charge in [0.15, 0.2) is 5.82 Å². The highest BCUT2D eigenvalue weighted by Gasteiger charge is 2.14. The maximum atomic E-state index is 4.37. The van der Waals surface area contributed by atoms with E-state index in [0.717, 1.165) is 10.7 Å². The van der Waals surface area contributed by atoms with Crippen LogP contribution in [0.25, 0.3) is 11.6 Å². The van der Waals surface area contributed by atoms with Crippen molar-refractivity contribution in [1.29, 1.82) is 0 Å². The van der Waals surface area contributed by atoms with Crippen LogP contribution >= 0.6 is 11.5 Å². The van der Waals surface area contributed by atoms with E-state index in [0.29, 0.717) is 11.6 Å². The lowest BCUT2D eigenvalue weighted by molar-refractivity contribution is 0.633. The van der Waals surface area contributed by atoms with E-state index < -0.39 is 0 Å². The van der Waals surface area contributed by atoms with Crippen molar-refractivity contribution in [2.45, 2.75) is 33.2 Å². The first-order valence-corrected chi connectivity index (χ1v) is 6.12. The van der Waals surface area contributed by atoms with E-state index >= 15 is 0 Å². The third-order valence-electron chi connectivity index (χ3n) is 1.89. The number of aryl methyl sites for hydroxylation is 1. The van der Waals surface area contributed by atoms with Crippen LogP contribution in [0.5, 0.6) is 0 Å². The first-order chi connectivity index (χ1) is 7.94. The summed E-state index contributed by atoms with van der Waals surface area (Å²) in [6.07, 6.45) is 3.53. The van der Waals surface area contributed by atoms with Crippen LogP contribution in [0.3, 0.4) is 0 Å². The van der Waals surface area contributed by atoms with Gasteiger partial charge in [0.05, 0.1) is 0 Å². The van der Waals surface area contributed by atoms with E-state index in [4.69, 9.17) is 0 Å². The van der Waals surface area contributed by atoms with Crippen LogP contribution in [0.15, 0.2) is 12.4 Å². The second-order valence-electron chi connectivity index (χ2n) is 4.88. The zero-order chi connectivity index (χ0) is 12.5. The molecule has 0 spiro atoms. The summed E-state index contributed by atoms with van der Waals surface area (Å²) >= 11 is 1.32. The van der Waals surface area contributed by atoms with Crippen LogP contribution in [0, 0.1) is 6.92 Å². The number of nitrogens with one attached hydrogen (secondary N) is 1. The minimum absolute atomic E-state index is 0.0229. The van der Waals surface area contributed by atoms with Crippen molar-refractivity contribution in [3.8, 4) is 11.6 Å². The van der Waals surface area contributed by atoms with Gasteiger partial charge in [-0.3, -0.25) is 0 Å². The zero-order valence-electron chi connectivity index (χ0n) is 10.4. The molecule has 2 heterocycles. The minimum atomic E-state index is -0.0229. The molecule has 0 fully saturated rings. The van der Waals surface area contributed by atoms with Crippen molar-refractivity contribution in [3.05, 3.63) is 18.0 Å². The van der Waals surface area contributed by atoms with E-state index in [-0.39, 0.29) is 5.54 Å². The fourth-order valence-corrected chi connectivity index (χ4v) is 1.97. The maximum absolute atomic E-state index is 4.37. The molecule has 0 atom stereocenters. The molecule has 0 amide bonds. The minimum Gasteiger partial charge on any atom is -0.356 e. The van der Waals surface area contributed by atoms with Gasteiger partial charge < -0.3 is 5.32 Å². The fraction of sp³-hybridized carbons (Fsp3) is 0.455. The molecule has 2 aromatic heterocycles. The summed E-state index contributed by atoms with van der Waals surface area (Å²) in [5.74, 6) is 1.13. The third kappa shape index (κ3) is 3.20. The van der Waals surface area contributed by atoms with Gasteiger partial charge in [-0.25, -0.2) is 9.97 Å². The summed E-state index contributed by atoms with van der Waals surface area (Å²) in [6.45, 7) is 8.19. The Hall–Kier alpha value is -1.56. The topological polar surface area (TPSA) is 63.6 Å². The van der Waals surface area contributed by atoms with Crippen molar-refractivity contribution in [2.24, 2.45) is 0 Å². The Labute approximate surface area is 105 Å². The highest BCUT2D eigenvalue weighted by atomic mass is 32.1. The molecule has 17 heavy (non-hydrogen) atoms. The van der Waals surface area contributed by atoms with Crippen LogP contribution in [0.1, 0.15) is 26.3 Å². The molecule has 0 aromatic carbocycles. The van der Waals surface area contributed by atoms with Crippen molar-refractivity contribution < 1.29 is 0 Å². The maximum Gasteiger partial charge on any atom is 0.212 e. The normalized spacial score (nSPS) is 11.5. The highest BCUT2D eigenvalue weighted by molar-refractivity contribution is 7.09. The Bertz CT molecular complexity index is 497. The smallest absolute Gasteiger partial charge is 0.212 e. The molecule has 0 aliphatic rings. The van der Waals surface area contributed by atoms with Crippen LogP contribution in [-0.2, 0) is 0 Å². The lowest BCUT2D eigenvalue weighted by Gasteiger charge is -2.18. The van der Waals surface area contributed by atoms with Gasteiger partial charge in [-0.05, 0) is 33.3 Å². The third-order valence-corrected chi connectivity index (χ3v) is 2.52. The summed E-state index contributed by atoms with van der Waals surface area (Å²) < 4.78 is 4.24. The molecular weight excluding hydrogens is 234 g/mol. The zero-order valence-corrected chi connectivity index (χ0v) is 11.2. The Morgan fingerprint density at radius 3 is 2.35 bits per heavy atom. The second kappa shape index (κ2) is 4.37. The van der Waals surface area contributed by atoms with E-state index in [9.17, 15) is 0 Å². The van der Waals surface area contributed by atoms with E-state index in [1.165, 1.54) is 11.5 Å². The second-order valence-corrected chi connectivity index (χ2v) is 5.63. The molecule has 1 N–H and O–H groups in total. The first-order valence-electron chi connectivity index (χ1n) is 5.35. The molecule has 6 heteroatoms. The van der Waals surface area contributed by atoms with Gasteiger partial charge in [0.1, 0.15) is 0 Å². The van der Waals surface area contributed by atoms with Crippen LogP contribution in [0.2, 0.25) is 0 Å². The van der Waals surface area contributed by atoms with Crippen LogP contribution in [0.4, 0.5) is 5.13 Å². The van der Waals surface area contributed by atoms with E-state index in [1.54, 1.807) is 12.4 Å². The molecule has 0 unspecified atom stereocenters. The first kappa shape index (κ1) is 11.9. The van der Waals surface area contributed by atoms with E-state index in [1.807, 2.05) is 6.92 Å². The van der Waals surface area contributed by atoms with Crippen LogP contribution in [-0.4, -0.2) is 24.9 Å². The lowest BCUT2D eigenvalue weighted by Crippen LogP contribution is -2.25. The van der Waals surface area contributed by atoms with Gasteiger partial charge >= 0.3 is 0 Å². The summed E-state index contributed by atoms with van der Waals surface area (Å²) in [7, 11) is 0. The molecule has 0 saturated carbocycles. The molecule has 0 radical (unpaired) electrons. The van der Waals surface area contributed by atoms with Crippen LogP contribution < -0.4 is 5.32 Å². The Morgan fingerprint density at radius 2 is 1.76 bits per heavy atom. The van der Waals surface area contributed by atoms with Gasteiger partial charge in [0, 0.05) is 29.5 Å². The summed E-state index contributed by atoms with van der Waals surface area (Å²) in [5, 5.41) is 4.06. The molecule has 0 bridgehead atoms. The molecular formula is C11H15N5S. The number of hydrogen-bond donors (Lipinski definition) is 1. The van der Waals surface area contributed by atoms with Gasteiger partial charge in [-0.2, -0.15) is 9.36 Å². The molecule has 2 rings (SSSR count). The number of nitrogens with zero attached hydrogens (tertiary/aromatic N) is 4. The molecule has 2 aromatic rings. The standard InChI is InChI=1S/C11H15N5S/c1-7-5-12-8(13-6-7)9-14-10(17-16-9)15-11(2,3)4/h5-6H,1-4H3,(H,14,15,16). The molecule has 5 nitrogen and oxygen atoms in total. The van der Waals surface area contributed by atoms with Gasteiger partial charge in [-0.1, -0.05) is 0 Å². The Morgan fingerprint density at radius 1 is 1.12 bits per heavy atom. The van der Waals surface area contributed by atoms with E-state index in [2.05, 4.69) is 45.4 Å². The predicted molar refractivity (Wildman–Crippen MR) is 69.0 cm³/mol. The van der Waals surface area contributed by atoms with Crippen molar-refractivity contribution in [3.63, 3.8) is 0 Å². The fourth-order valence-electron chi connectivity index (χ4n) is 1.19. The van der Waals surface area contributed by atoms with Crippen molar-refractivity contribution >= 4 is 16.7 Å². The lowest BCUT2D eigenvalue weighted by atomic mass is 10.1. The number of hydrogen-bond acceptors (Lipinski definition) is 6. The highest BCUT2D eigenvalue weighted by Crippen LogP contribution is 2.20. The quantitative estimate of drug-likeness (QED) is 0.886. The average Bonchev–Trinajstić information content (AvgIpc) is 2.64. The van der Waals surface area contributed by atoms with Crippen molar-refractivity contribution in [1.82, 2.24) is 19.3 Å². The average molecular weight is 249 g/mol. The predicted octanol–water partition coefficient (Wildman–Crippen LogP) is 2.51. The van der Waals surface area contributed by atoms with Gasteiger partial charge in [-0.15, -0.1) is 0 Å². The van der Waals surface area contributed by atoms with Gasteiger partial charge in [0.2, 0.25) is 11.0 Å². The monoisotopic (exact) mass is 249 g/mol. The number of anilines is 1. The summed E-state index contributed by atoms with van der Waals surface area (Å²) in [6, 6.07) is 0. The van der Waals surface area contributed by atoms with Crippen molar-refractivity contribution in [2.75, 3.05) is 5.32 Å². The SMILES string of the molecule is Cc1cnc(-c2nsc(NC(C)(C)C)n2)nc1.